The van der Waals surface area contributed by atoms with E-state index in [9.17, 15) is 9.90 Å². The van der Waals surface area contributed by atoms with Crippen molar-refractivity contribution in [2.45, 2.75) is 26.8 Å². The van der Waals surface area contributed by atoms with E-state index in [-0.39, 0.29) is 17.7 Å². The summed E-state index contributed by atoms with van der Waals surface area (Å²) in [5, 5.41) is 9.61. The molecule has 0 aliphatic carbocycles. The Labute approximate surface area is 102 Å². The van der Waals surface area contributed by atoms with Crippen LogP contribution in [0.4, 0.5) is 0 Å². The number of amides is 1. The molecule has 1 aromatic carbocycles. The molecule has 0 bridgehead atoms. The fraction of sp³-hybridized carbons (Fsp3) is 0.357. The van der Waals surface area contributed by atoms with Crippen LogP contribution in [-0.4, -0.2) is 28.5 Å². The van der Waals surface area contributed by atoms with Crippen LogP contribution in [-0.2, 0) is 0 Å². The van der Waals surface area contributed by atoms with Gasteiger partial charge in [-0.1, -0.05) is 12.1 Å². The van der Waals surface area contributed by atoms with Crippen LogP contribution in [0.3, 0.4) is 0 Å². The molecule has 3 heteroatoms. The lowest BCUT2D eigenvalue weighted by Crippen LogP contribution is -2.37. The number of carbonyl (C=O) groups is 1. The predicted octanol–water partition coefficient (Wildman–Crippen LogP) is 2.74. The monoisotopic (exact) mass is 233 g/mol. The van der Waals surface area contributed by atoms with Crippen LogP contribution in [0.15, 0.2) is 30.9 Å². The number of rotatable bonds is 4. The van der Waals surface area contributed by atoms with E-state index in [0.717, 1.165) is 0 Å². The summed E-state index contributed by atoms with van der Waals surface area (Å²) < 4.78 is 0. The Morgan fingerprint density at radius 2 is 2.18 bits per heavy atom. The number of aromatic hydroxyl groups is 1. The van der Waals surface area contributed by atoms with Crippen molar-refractivity contribution >= 4 is 5.91 Å². The number of carbonyl (C=O) groups excluding carboxylic acids is 1. The van der Waals surface area contributed by atoms with Gasteiger partial charge in [-0.05, 0) is 32.9 Å². The quantitative estimate of drug-likeness (QED) is 0.812. The predicted molar refractivity (Wildman–Crippen MR) is 69.2 cm³/mol. The molecular weight excluding hydrogens is 214 g/mol. The van der Waals surface area contributed by atoms with Crippen molar-refractivity contribution in [1.29, 1.82) is 0 Å². The molecule has 1 rings (SSSR count). The highest BCUT2D eigenvalue weighted by Crippen LogP contribution is 2.21. The van der Waals surface area contributed by atoms with Gasteiger partial charge in [-0.25, -0.2) is 0 Å². The molecule has 1 N–H and O–H groups in total. The summed E-state index contributed by atoms with van der Waals surface area (Å²) in [5.41, 5.74) is 1.16. The van der Waals surface area contributed by atoms with Crippen molar-refractivity contribution in [3.8, 4) is 5.75 Å². The maximum absolute atomic E-state index is 12.3. The molecular formula is C14H19NO2. The van der Waals surface area contributed by atoms with Gasteiger partial charge in [-0.3, -0.25) is 4.79 Å². The molecule has 92 valence electrons. The second kappa shape index (κ2) is 5.53. The van der Waals surface area contributed by atoms with E-state index in [1.807, 2.05) is 13.8 Å². The number of phenols is 1. The molecule has 0 spiro atoms. The number of hydrogen-bond acceptors (Lipinski definition) is 2. The van der Waals surface area contributed by atoms with Gasteiger partial charge in [0.15, 0.2) is 0 Å². The number of hydrogen-bond donors (Lipinski definition) is 1. The maximum atomic E-state index is 12.3. The van der Waals surface area contributed by atoms with Crippen molar-refractivity contribution in [2.24, 2.45) is 0 Å². The lowest BCUT2D eigenvalue weighted by Gasteiger charge is -2.26. The Kier molecular flexibility index (Phi) is 4.32. The number of benzene rings is 1. The third-order valence-corrected chi connectivity index (χ3v) is 2.75. The normalized spacial score (nSPS) is 10.4. The second-order valence-corrected chi connectivity index (χ2v) is 4.29. The average molecular weight is 233 g/mol. The highest BCUT2D eigenvalue weighted by Gasteiger charge is 2.19. The molecule has 0 unspecified atom stereocenters. The highest BCUT2D eigenvalue weighted by atomic mass is 16.3. The smallest absolute Gasteiger partial charge is 0.254 e. The van der Waals surface area contributed by atoms with Gasteiger partial charge in [0.25, 0.3) is 5.91 Å². The van der Waals surface area contributed by atoms with Gasteiger partial charge in [0, 0.05) is 23.7 Å². The summed E-state index contributed by atoms with van der Waals surface area (Å²) in [4.78, 5) is 14.0. The lowest BCUT2D eigenvalue weighted by molar-refractivity contribution is 0.0727. The molecule has 0 saturated carbocycles. The molecule has 0 aliphatic rings. The van der Waals surface area contributed by atoms with Crippen LogP contribution < -0.4 is 0 Å². The minimum Gasteiger partial charge on any atom is -0.508 e. The van der Waals surface area contributed by atoms with Crippen molar-refractivity contribution in [3.05, 3.63) is 42.0 Å². The van der Waals surface area contributed by atoms with Crippen molar-refractivity contribution in [1.82, 2.24) is 4.90 Å². The van der Waals surface area contributed by atoms with Crippen LogP contribution in [0.2, 0.25) is 0 Å². The summed E-state index contributed by atoms with van der Waals surface area (Å²) in [6, 6.07) is 5.10. The fourth-order valence-corrected chi connectivity index (χ4v) is 1.68. The third-order valence-electron chi connectivity index (χ3n) is 2.75. The Morgan fingerprint density at radius 3 is 2.71 bits per heavy atom. The first-order valence-corrected chi connectivity index (χ1v) is 5.69. The number of phenolic OH excluding ortho intramolecular Hbond substituents is 1. The van der Waals surface area contributed by atoms with E-state index < -0.39 is 0 Å². The molecule has 0 aliphatic heterocycles. The van der Waals surface area contributed by atoms with Crippen molar-refractivity contribution in [3.63, 3.8) is 0 Å². The third kappa shape index (κ3) is 2.87. The lowest BCUT2D eigenvalue weighted by atomic mass is 10.1. The fourth-order valence-electron chi connectivity index (χ4n) is 1.68. The molecule has 0 heterocycles. The van der Waals surface area contributed by atoms with E-state index in [2.05, 4.69) is 6.58 Å². The first-order valence-electron chi connectivity index (χ1n) is 5.69. The number of nitrogens with zero attached hydrogens (tertiary/aromatic N) is 1. The Bertz CT molecular complexity index is 424. The van der Waals surface area contributed by atoms with Crippen LogP contribution >= 0.6 is 0 Å². The van der Waals surface area contributed by atoms with Crippen LogP contribution in [0.5, 0.6) is 5.75 Å². The zero-order chi connectivity index (χ0) is 13.0. The summed E-state index contributed by atoms with van der Waals surface area (Å²) in [7, 11) is 0. The zero-order valence-electron chi connectivity index (χ0n) is 10.6. The van der Waals surface area contributed by atoms with Gasteiger partial charge in [0.2, 0.25) is 0 Å². The van der Waals surface area contributed by atoms with Crippen LogP contribution in [0, 0.1) is 6.92 Å². The average Bonchev–Trinajstić information content (AvgIpc) is 2.28. The van der Waals surface area contributed by atoms with E-state index in [0.29, 0.717) is 17.7 Å². The summed E-state index contributed by atoms with van der Waals surface area (Å²) in [6.45, 7) is 9.82. The molecule has 0 fully saturated rings. The first kappa shape index (κ1) is 13.3. The molecule has 3 nitrogen and oxygen atoms in total. The van der Waals surface area contributed by atoms with Gasteiger partial charge in [0.05, 0.1) is 0 Å². The van der Waals surface area contributed by atoms with Crippen LogP contribution in [0.25, 0.3) is 0 Å². The minimum atomic E-state index is -0.0756. The van der Waals surface area contributed by atoms with Gasteiger partial charge in [0.1, 0.15) is 5.75 Å². The Hall–Kier alpha value is -1.77. The van der Waals surface area contributed by atoms with Crippen molar-refractivity contribution < 1.29 is 9.90 Å². The largest absolute Gasteiger partial charge is 0.508 e. The van der Waals surface area contributed by atoms with E-state index in [4.69, 9.17) is 0 Å². The Morgan fingerprint density at radius 1 is 1.53 bits per heavy atom. The maximum Gasteiger partial charge on any atom is 0.254 e. The van der Waals surface area contributed by atoms with Crippen molar-refractivity contribution in [2.75, 3.05) is 6.54 Å². The molecule has 0 aromatic heterocycles. The van der Waals surface area contributed by atoms with Gasteiger partial charge in [-0.2, -0.15) is 0 Å². The van der Waals surface area contributed by atoms with E-state index >= 15 is 0 Å². The molecule has 0 atom stereocenters. The minimum absolute atomic E-state index is 0.0756. The Balaban J connectivity index is 3.09. The molecule has 1 amide bonds. The summed E-state index contributed by atoms with van der Waals surface area (Å²) in [6.07, 6.45) is 1.70. The summed E-state index contributed by atoms with van der Waals surface area (Å²) >= 11 is 0. The SMILES string of the molecule is C=CCN(C(=O)c1cccc(O)c1C)C(C)C. The molecule has 0 saturated heterocycles. The molecule has 0 radical (unpaired) electrons. The van der Waals surface area contributed by atoms with E-state index in [1.165, 1.54) is 0 Å². The molecule has 17 heavy (non-hydrogen) atoms. The van der Waals surface area contributed by atoms with Gasteiger partial charge in [-0.15, -0.1) is 6.58 Å². The molecule has 1 aromatic rings. The second-order valence-electron chi connectivity index (χ2n) is 4.29. The highest BCUT2D eigenvalue weighted by molar-refractivity contribution is 5.96. The zero-order valence-corrected chi connectivity index (χ0v) is 10.6. The standard InChI is InChI=1S/C14H19NO2/c1-5-9-15(10(2)3)14(17)12-7-6-8-13(16)11(12)4/h5-8,10,16H,1,9H2,2-4H3. The van der Waals surface area contributed by atoms with Crippen LogP contribution in [0.1, 0.15) is 29.8 Å². The van der Waals surface area contributed by atoms with E-state index in [1.54, 1.807) is 36.1 Å². The first-order chi connectivity index (χ1) is 7.99. The topological polar surface area (TPSA) is 40.5 Å². The van der Waals surface area contributed by atoms with Gasteiger partial charge >= 0.3 is 0 Å². The summed E-state index contributed by atoms with van der Waals surface area (Å²) in [5.74, 6) is 0.0754. The van der Waals surface area contributed by atoms with Gasteiger partial charge < -0.3 is 10.0 Å².